The van der Waals surface area contributed by atoms with Crippen LogP contribution in [0.25, 0.3) is 0 Å². The molecule has 0 radical (unpaired) electrons. The number of unbranched alkanes of at least 4 members (excludes halogenated alkanes) is 10. The molecule has 0 spiro atoms. The van der Waals surface area contributed by atoms with Gasteiger partial charge in [0.05, 0.1) is 32.0 Å². The third-order valence-electron chi connectivity index (χ3n) is 9.57. The standard InChI is InChI=1S/C39H69NO13/c1-3-5-7-9-10-11-12-13-14-15-16-17-19-21-23-31(44)40-27(28(43)22-20-18-8-6-4-2)26-50-38-36(49)34(47)37(30(25-42)52-38)53-39-35(48)33(46)32(45)29(24-41)51-39/h9-10,12-13,20,22,27-30,32-39,41-43,45-49H,3-8,11,14-19,21,23-26H2,1-2H3,(H,40,44)/b10-9-,13-12-,22-20+. The Morgan fingerprint density at radius 2 is 1.26 bits per heavy atom. The number of hydrogen-bond donors (Lipinski definition) is 9. The van der Waals surface area contributed by atoms with Crippen LogP contribution in [0.1, 0.15) is 110 Å². The van der Waals surface area contributed by atoms with Crippen molar-refractivity contribution in [3.63, 3.8) is 0 Å². The van der Waals surface area contributed by atoms with Gasteiger partial charge in [-0.3, -0.25) is 4.79 Å². The van der Waals surface area contributed by atoms with Gasteiger partial charge in [0.25, 0.3) is 0 Å². The number of carbonyl (C=O) groups excluding carboxylic acids is 1. The fourth-order valence-electron chi connectivity index (χ4n) is 6.18. The van der Waals surface area contributed by atoms with E-state index in [2.05, 4.69) is 43.5 Å². The first-order valence-corrected chi connectivity index (χ1v) is 19.7. The van der Waals surface area contributed by atoms with Crippen LogP contribution in [0.3, 0.4) is 0 Å². The fourth-order valence-corrected chi connectivity index (χ4v) is 6.18. The molecule has 12 atom stereocenters. The molecule has 0 aromatic rings. The van der Waals surface area contributed by atoms with E-state index in [0.717, 1.165) is 70.6 Å². The van der Waals surface area contributed by atoms with Crippen LogP contribution in [0.15, 0.2) is 36.5 Å². The van der Waals surface area contributed by atoms with Crippen LogP contribution in [0, 0.1) is 0 Å². The minimum absolute atomic E-state index is 0.262. The van der Waals surface area contributed by atoms with Crippen molar-refractivity contribution in [1.82, 2.24) is 5.32 Å². The van der Waals surface area contributed by atoms with Crippen LogP contribution >= 0.6 is 0 Å². The predicted molar refractivity (Wildman–Crippen MR) is 198 cm³/mol. The molecule has 2 aliphatic rings. The van der Waals surface area contributed by atoms with E-state index in [0.29, 0.717) is 6.42 Å². The summed E-state index contributed by atoms with van der Waals surface area (Å²) < 4.78 is 22.4. The first-order valence-electron chi connectivity index (χ1n) is 19.7. The quantitative estimate of drug-likeness (QED) is 0.0432. The van der Waals surface area contributed by atoms with Crippen LogP contribution in [-0.4, -0.2) is 140 Å². The Hall–Kier alpha value is -1.79. The lowest BCUT2D eigenvalue weighted by molar-refractivity contribution is -0.359. The van der Waals surface area contributed by atoms with Crippen molar-refractivity contribution in [2.24, 2.45) is 0 Å². The van der Waals surface area contributed by atoms with Gasteiger partial charge in [0, 0.05) is 6.42 Å². The average molecular weight is 760 g/mol. The van der Waals surface area contributed by atoms with Crippen molar-refractivity contribution in [3.05, 3.63) is 36.5 Å². The molecule has 0 aromatic heterocycles. The van der Waals surface area contributed by atoms with Crippen molar-refractivity contribution < 1.29 is 64.6 Å². The molecular weight excluding hydrogens is 690 g/mol. The fraction of sp³-hybridized carbons (Fsp3) is 0.821. The molecule has 12 unspecified atom stereocenters. The van der Waals surface area contributed by atoms with Gasteiger partial charge < -0.3 is 65.1 Å². The molecule has 308 valence electrons. The van der Waals surface area contributed by atoms with E-state index >= 15 is 0 Å². The smallest absolute Gasteiger partial charge is 0.220 e. The second-order valence-corrected chi connectivity index (χ2v) is 14.1. The van der Waals surface area contributed by atoms with E-state index < -0.39 is 86.8 Å². The Morgan fingerprint density at radius 1 is 0.679 bits per heavy atom. The van der Waals surface area contributed by atoms with Crippen LogP contribution in [0.5, 0.6) is 0 Å². The lowest BCUT2D eigenvalue weighted by Crippen LogP contribution is -2.65. The summed E-state index contributed by atoms with van der Waals surface area (Å²) in [6, 6.07) is -0.915. The number of nitrogens with one attached hydrogen (secondary N) is 1. The Balaban J connectivity index is 1.89. The highest BCUT2D eigenvalue weighted by Crippen LogP contribution is 2.29. The molecule has 2 rings (SSSR count). The normalized spacial score (nSPS) is 30.8. The number of amides is 1. The number of aliphatic hydroxyl groups is 8. The van der Waals surface area contributed by atoms with Crippen molar-refractivity contribution in [2.45, 2.75) is 184 Å². The van der Waals surface area contributed by atoms with E-state index in [-0.39, 0.29) is 18.9 Å². The molecule has 1 amide bonds. The van der Waals surface area contributed by atoms with Crippen molar-refractivity contribution >= 4 is 5.91 Å². The van der Waals surface area contributed by atoms with Gasteiger partial charge in [-0.15, -0.1) is 0 Å². The Labute approximate surface area is 315 Å². The van der Waals surface area contributed by atoms with Crippen LogP contribution < -0.4 is 5.32 Å². The summed E-state index contributed by atoms with van der Waals surface area (Å²) in [6.07, 6.45) is 9.74. The van der Waals surface area contributed by atoms with Crippen LogP contribution in [0.2, 0.25) is 0 Å². The van der Waals surface area contributed by atoms with Gasteiger partial charge in [0.15, 0.2) is 12.6 Å². The molecule has 2 heterocycles. The zero-order chi connectivity index (χ0) is 39.0. The average Bonchev–Trinajstić information content (AvgIpc) is 3.15. The summed E-state index contributed by atoms with van der Waals surface area (Å²) >= 11 is 0. The third-order valence-corrected chi connectivity index (χ3v) is 9.57. The highest BCUT2D eigenvalue weighted by Gasteiger charge is 2.50. The number of allylic oxidation sites excluding steroid dienone is 5. The van der Waals surface area contributed by atoms with Crippen LogP contribution in [-0.2, 0) is 23.7 Å². The first-order chi connectivity index (χ1) is 25.6. The zero-order valence-electron chi connectivity index (χ0n) is 31.7. The van der Waals surface area contributed by atoms with Gasteiger partial charge in [0.2, 0.25) is 5.91 Å². The number of rotatable bonds is 27. The third kappa shape index (κ3) is 17.3. The molecule has 14 heteroatoms. The lowest BCUT2D eigenvalue weighted by atomic mass is 9.97. The van der Waals surface area contributed by atoms with E-state index in [1.807, 2.05) is 6.08 Å². The van der Waals surface area contributed by atoms with Gasteiger partial charge in [-0.1, -0.05) is 95.2 Å². The Bertz CT molecular complexity index is 1040. The highest BCUT2D eigenvalue weighted by molar-refractivity contribution is 5.76. The highest BCUT2D eigenvalue weighted by atomic mass is 16.7. The molecule has 0 bridgehead atoms. The Morgan fingerprint density at radius 3 is 1.94 bits per heavy atom. The van der Waals surface area contributed by atoms with Gasteiger partial charge >= 0.3 is 0 Å². The number of hydrogen-bond acceptors (Lipinski definition) is 13. The molecule has 0 saturated carbocycles. The molecular formula is C39H69NO13. The number of aliphatic hydroxyl groups excluding tert-OH is 8. The van der Waals surface area contributed by atoms with Crippen molar-refractivity contribution in [2.75, 3.05) is 19.8 Å². The molecule has 2 saturated heterocycles. The molecule has 0 aliphatic carbocycles. The molecule has 9 N–H and O–H groups in total. The summed E-state index contributed by atoms with van der Waals surface area (Å²) in [7, 11) is 0. The lowest BCUT2D eigenvalue weighted by Gasteiger charge is -2.46. The van der Waals surface area contributed by atoms with Gasteiger partial charge in [-0.25, -0.2) is 0 Å². The molecule has 2 aliphatic heterocycles. The van der Waals surface area contributed by atoms with Gasteiger partial charge in [-0.2, -0.15) is 0 Å². The SMILES string of the molecule is CCCC/C=C\C/C=C\CCCCCCCC(=O)NC(COC1OC(CO)C(OC2OC(CO)C(O)C(O)C2O)C(O)C1O)C(O)/C=C/CCCCC. The first kappa shape index (κ1) is 47.4. The van der Waals surface area contributed by atoms with E-state index in [4.69, 9.17) is 18.9 Å². The molecule has 2 fully saturated rings. The van der Waals surface area contributed by atoms with Gasteiger partial charge in [-0.05, 0) is 44.9 Å². The minimum atomic E-state index is -1.79. The largest absolute Gasteiger partial charge is 0.394 e. The summed E-state index contributed by atoms with van der Waals surface area (Å²) in [5.41, 5.74) is 0. The Kier molecular flexibility index (Phi) is 24.8. The van der Waals surface area contributed by atoms with Crippen molar-refractivity contribution in [1.29, 1.82) is 0 Å². The summed E-state index contributed by atoms with van der Waals surface area (Å²) in [5.74, 6) is -0.265. The minimum Gasteiger partial charge on any atom is -0.394 e. The van der Waals surface area contributed by atoms with Crippen LogP contribution in [0.4, 0.5) is 0 Å². The number of ether oxygens (including phenoxy) is 4. The van der Waals surface area contributed by atoms with Crippen molar-refractivity contribution in [3.8, 4) is 0 Å². The molecule has 14 nitrogen and oxygen atoms in total. The van der Waals surface area contributed by atoms with E-state index in [1.54, 1.807) is 6.08 Å². The zero-order valence-corrected chi connectivity index (χ0v) is 31.7. The maximum absolute atomic E-state index is 12.9. The summed E-state index contributed by atoms with van der Waals surface area (Å²) in [6.45, 7) is 2.56. The molecule has 53 heavy (non-hydrogen) atoms. The van der Waals surface area contributed by atoms with E-state index in [1.165, 1.54) is 12.8 Å². The second-order valence-electron chi connectivity index (χ2n) is 14.1. The molecule has 0 aromatic carbocycles. The monoisotopic (exact) mass is 759 g/mol. The maximum Gasteiger partial charge on any atom is 0.220 e. The topological polar surface area (TPSA) is 228 Å². The second kappa shape index (κ2) is 27.7. The summed E-state index contributed by atoms with van der Waals surface area (Å²) in [4.78, 5) is 12.9. The van der Waals surface area contributed by atoms with Gasteiger partial charge in [0.1, 0.15) is 48.8 Å². The summed E-state index contributed by atoms with van der Waals surface area (Å²) in [5, 5.41) is 85.7. The number of carbonyl (C=O) groups is 1. The maximum atomic E-state index is 12.9. The predicted octanol–water partition coefficient (Wildman–Crippen LogP) is 2.03. The van der Waals surface area contributed by atoms with E-state index in [9.17, 15) is 45.6 Å².